The molecule has 18 heavy (non-hydrogen) atoms. The third-order valence-electron chi connectivity index (χ3n) is 5.42. The van der Waals surface area contributed by atoms with Crippen LogP contribution in [0.1, 0.15) is 47.0 Å². The van der Waals surface area contributed by atoms with Crippen molar-refractivity contribution >= 4 is 8.32 Å². The SMILES string of the molecule is CC[Si](CC)(CC)OC12CC=CC1(C)C=CCC2. The highest BCUT2D eigenvalue weighted by Gasteiger charge is 2.52. The summed E-state index contributed by atoms with van der Waals surface area (Å²) in [6, 6.07) is 3.75. The maximum atomic E-state index is 6.97. The summed E-state index contributed by atoms with van der Waals surface area (Å²) in [6.07, 6.45) is 12.9. The van der Waals surface area contributed by atoms with Crippen molar-refractivity contribution in [2.24, 2.45) is 5.41 Å². The van der Waals surface area contributed by atoms with E-state index in [1.54, 1.807) is 0 Å². The molecular formula is C16H28OSi. The average Bonchev–Trinajstić information content (AvgIpc) is 2.73. The molecule has 2 aliphatic rings. The van der Waals surface area contributed by atoms with E-state index in [9.17, 15) is 0 Å². The van der Waals surface area contributed by atoms with Crippen LogP contribution in [-0.2, 0) is 4.43 Å². The fourth-order valence-electron chi connectivity index (χ4n) is 3.67. The fraction of sp³-hybridized carbons (Fsp3) is 0.750. The molecule has 1 nitrogen and oxygen atoms in total. The minimum absolute atomic E-state index is 0.0794. The molecule has 2 rings (SSSR count). The van der Waals surface area contributed by atoms with E-state index in [1.165, 1.54) is 31.0 Å². The van der Waals surface area contributed by atoms with E-state index in [0.29, 0.717) is 0 Å². The predicted octanol–water partition coefficient (Wildman–Crippen LogP) is 5.06. The van der Waals surface area contributed by atoms with Gasteiger partial charge in [0.1, 0.15) is 0 Å². The first-order valence-corrected chi connectivity index (χ1v) is 10.1. The Labute approximate surface area is 113 Å². The van der Waals surface area contributed by atoms with Crippen molar-refractivity contribution < 1.29 is 4.43 Å². The third kappa shape index (κ3) is 2.03. The van der Waals surface area contributed by atoms with Gasteiger partial charge < -0.3 is 4.43 Å². The Bertz CT molecular complexity index is 348. The van der Waals surface area contributed by atoms with Crippen molar-refractivity contribution in [3.63, 3.8) is 0 Å². The Morgan fingerprint density at radius 1 is 1.06 bits per heavy atom. The Balaban J connectivity index is 2.29. The molecule has 0 aromatic heterocycles. The van der Waals surface area contributed by atoms with Crippen molar-refractivity contribution in [1.82, 2.24) is 0 Å². The van der Waals surface area contributed by atoms with Gasteiger partial charge in [-0.2, -0.15) is 0 Å². The minimum Gasteiger partial charge on any atom is -0.410 e. The van der Waals surface area contributed by atoms with Gasteiger partial charge in [-0.15, -0.1) is 0 Å². The van der Waals surface area contributed by atoms with Crippen LogP contribution in [0.15, 0.2) is 24.3 Å². The zero-order valence-electron chi connectivity index (χ0n) is 12.5. The Kier molecular flexibility index (Phi) is 3.89. The van der Waals surface area contributed by atoms with Gasteiger partial charge >= 0.3 is 0 Å². The molecule has 2 heteroatoms. The van der Waals surface area contributed by atoms with E-state index in [4.69, 9.17) is 4.43 Å². The minimum atomic E-state index is -1.52. The van der Waals surface area contributed by atoms with Crippen LogP contribution < -0.4 is 0 Å². The molecule has 0 N–H and O–H groups in total. The normalized spacial score (nSPS) is 34.9. The molecule has 0 aromatic rings. The van der Waals surface area contributed by atoms with Crippen LogP contribution in [0.5, 0.6) is 0 Å². The molecule has 0 bridgehead atoms. The van der Waals surface area contributed by atoms with Gasteiger partial charge in [0.05, 0.1) is 5.60 Å². The molecule has 0 spiro atoms. The summed E-state index contributed by atoms with van der Waals surface area (Å²) in [5.41, 5.74) is 0.221. The first kappa shape index (κ1) is 14.1. The molecule has 102 valence electrons. The lowest BCUT2D eigenvalue weighted by Gasteiger charge is -2.49. The second-order valence-electron chi connectivity index (χ2n) is 6.17. The van der Waals surface area contributed by atoms with Crippen LogP contribution in [-0.4, -0.2) is 13.9 Å². The summed E-state index contributed by atoms with van der Waals surface area (Å²) in [6.45, 7) is 9.34. The third-order valence-corrected chi connectivity index (χ3v) is 10.1. The number of allylic oxidation sites excluding steroid dienone is 1. The number of fused-ring (bicyclic) bond motifs is 1. The molecule has 2 atom stereocenters. The highest BCUT2D eigenvalue weighted by molar-refractivity contribution is 6.73. The molecule has 0 heterocycles. The van der Waals surface area contributed by atoms with Crippen molar-refractivity contribution in [1.29, 1.82) is 0 Å². The summed E-state index contributed by atoms with van der Waals surface area (Å²) >= 11 is 0. The largest absolute Gasteiger partial charge is 0.410 e. The second kappa shape index (κ2) is 4.97. The van der Waals surface area contributed by atoms with Crippen molar-refractivity contribution in [3.05, 3.63) is 24.3 Å². The summed E-state index contributed by atoms with van der Waals surface area (Å²) in [4.78, 5) is 0. The predicted molar refractivity (Wildman–Crippen MR) is 81.3 cm³/mol. The molecule has 0 amide bonds. The van der Waals surface area contributed by atoms with Crippen LogP contribution in [0.4, 0.5) is 0 Å². The lowest BCUT2D eigenvalue weighted by molar-refractivity contribution is -0.0126. The van der Waals surface area contributed by atoms with Gasteiger partial charge in [0, 0.05) is 5.41 Å². The van der Waals surface area contributed by atoms with Gasteiger partial charge in [-0.3, -0.25) is 0 Å². The molecule has 0 aromatic carbocycles. The molecule has 0 fully saturated rings. The highest BCUT2D eigenvalue weighted by atomic mass is 28.4. The van der Waals surface area contributed by atoms with Crippen LogP contribution >= 0.6 is 0 Å². The van der Waals surface area contributed by atoms with E-state index in [-0.39, 0.29) is 11.0 Å². The van der Waals surface area contributed by atoms with Gasteiger partial charge in [0.2, 0.25) is 0 Å². The summed E-state index contributed by atoms with van der Waals surface area (Å²) in [7, 11) is -1.52. The number of rotatable bonds is 5. The molecule has 0 saturated carbocycles. The van der Waals surface area contributed by atoms with Gasteiger partial charge in [-0.25, -0.2) is 0 Å². The molecule has 2 unspecified atom stereocenters. The smallest absolute Gasteiger partial charge is 0.192 e. The van der Waals surface area contributed by atoms with Crippen molar-refractivity contribution in [3.8, 4) is 0 Å². The summed E-state index contributed by atoms with van der Waals surface area (Å²) in [5, 5.41) is 0. The molecule has 2 aliphatic carbocycles. The highest BCUT2D eigenvalue weighted by Crippen LogP contribution is 2.52. The van der Waals surface area contributed by atoms with E-state index < -0.39 is 8.32 Å². The standard InChI is InChI=1S/C16H28OSi/c1-5-18(6-2,7-3)17-16-13-9-8-11-15(16,4)12-10-14-16/h8,10-12H,5-7,9,13-14H2,1-4H3. The molecule has 0 saturated heterocycles. The summed E-state index contributed by atoms with van der Waals surface area (Å²) in [5.74, 6) is 0. The molecule has 0 radical (unpaired) electrons. The van der Waals surface area contributed by atoms with Crippen molar-refractivity contribution in [2.45, 2.75) is 70.7 Å². The zero-order valence-corrected chi connectivity index (χ0v) is 13.5. The Morgan fingerprint density at radius 3 is 2.28 bits per heavy atom. The lowest BCUT2D eigenvalue weighted by Crippen LogP contribution is -2.53. The number of hydrogen-bond donors (Lipinski definition) is 0. The van der Waals surface area contributed by atoms with E-state index in [0.717, 1.165) is 6.42 Å². The topological polar surface area (TPSA) is 9.23 Å². The zero-order chi connectivity index (χ0) is 13.3. The van der Waals surface area contributed by atoms with Crippen LogP contribution in [0, 0.1) is 5.41 Å². The van der Waals surface area contributed by atoms with Crippen LogP contribution in [0.25, 0.3) is 0 Å². The van der Waals surface area contributed by atoms with Gasteiger partial charge in [0.25, 0.3) is 0 Å². The Hall–Kier alpha value is -0.343. The second-order valence-corrected chi connectivity index (χ2v) is 10.9. The quantitative estimate of drug-likeness (QED) is 0.498. The first-order valence-electron chi connectivity index (χ1n) is 7.61. The van der Waals surface area contributed by atoms with Gasteiger partial charge in [-0.1, -0.05) is 45.1 Å². The van der Waals surface area contributed by atoms with Crippen LogP contribution in [0.2, 0.25) is 18.1 Å². The monoisotopic (exact) mass is 264 g/mol. The lowest BCUT2D eigenvalue weighted by atomic mass is 9.70. The van der Waals surface area contributed by atoms with Gasteiger partial charge in [-0.05, 0) is 44.3 Å². The van der Waals surface area contributed by atoms with E-state index >= 15 is 0 Å². The van der Waals surface area contributed by atoms with Crippen molar-refractivity contribution in [2.75, 3.05) is 0 Å². The Morgan fingerprint density at radius 2 is 1.67 bits per heavy atom. The molecular weight excluding hydrogens is 236 g/mol. The number of hydrogen-bond acceptors (Lipinski definition) is 1. The molecule has 0 aliphatic heterocycles. The maximum absolute atomic E-state index is 6.97. The average molecular weight is 264 g/mol. The fourth-order valence-corrected chi connectivity index (χ4v) is 6.84. The van der Waals surface area contributed by atoms with Crippen LogP contribution in [0.3, 0.4) is 0 Å². The van der Waals surface area contributed by atoms with E-state index in [2.05, 4.69) is 52.0 Å². The first-order chi connectivity index (χ1) is 8.55. The van der Waals surface area contributed by atoms with Gasteiger partial charge in [0.15, 0.2) is 8.32 Å². The van der Waals surface area contributed by atoms with E-state index in [1.807, 2.05) is 0 Å². The maximum Gasteiger partial charge on any atom is 0.192 e. The summed E-state index contributed by atoms with van der Waals surface area (Å²) < 4.78 is 6.97.